The first kappa shape index (κ1) is 9.66. The lowest BCUT2D eigenvalue weighted by Crippen LogP contribution is -2.23. The van der Waals surface area contributed by atoms with Gasteiger partial charge in [-0.1, -0.05) is 18.9 Å². The Morgan fingerprint density at radius 1 is 1.29 bits per heavy atom. The van der Waals surface area contributed by atoms with Crippen molar-refractivity contribution in [3.63, 3.8) is 0 Å². The van der Waals surface area contributed by atoms with E-state index >= 15 is 0 Å². The molecule has 2 unspecified atom stereocenters. The molecule has 1 saturated carbocycles. The molecule has 2 rings (SSSR count). The van der Waals surface area contributed by atoms with Gasteiger partial charge in [-0.3, -0.25) is 4.98 Å². The third-order valence-electron chi connectivity index (χ3n) is 3.02. The fourth-order valence-electron chi connectivity index (χ4n) is 2.23. The molecule has 0 aliphatic heterocycles. The normalized spacial score (nSPS) is 27.6. The largest absolute Gasteiger partial charge is 0.392 e. The molecule has 76 valence electrons. The van der Waals surface area contributed by atoms with Gasteiger partial charge in [0, 0.05) is 17.3 Å². The first-order valence-electron chi connectivity index (χ1n) is 5.39. The first-order chi connectivity index (χ1) is 6.77. The van der Waals surface area contributed by atoms with Crippen LogP contribution in [0.4, 0.5) is 0 Å². The molecule has 0 radical (unpaired) electrons. The maximum absolute atomic E-state index is 9.87. The van der Waals surface area contributed by atoms with Gasteiger partial charge in [0.2, 0.25) is 0 Å². The van der Waals surface area contributed by atoms with Gasteiger partial charge in [-0.15, -0.1) is 0 Å². The number of hydrogen-bond donors (Lipinski definition) is 1. The Morgan fingerprint density at radius 2 is 2.07 bits per heavy atom. The van der Waals surface area contributed by atoms with Gasteiger partial charge >= 0.3 is 0 Å². The Labute approximate surface area is 85.0 Å². The van der Waals surface area contributed by atoms with E-state index in [1.165, 1.54) is 6.42 Å². The molecule has 14 heavy (non-hydrogen) atoms. The number of hydrogen-bond acceptors (Lipinski definition) is 2. The summed E-state index contributed by atoms with van der Waals surface area (Å²) >= 11 is 0. The van der Waals surface area contributed by atoms with Gasteiger partial charge in [-0.05, 0) is 31.9 Å². The Bertz CT molecular complexity index is 311. The van der Waals surface area contributed by atoms with Crippen LogP contribution in [0.15, 0.2) is 18.2 Å². The van der Waals surface area contributed by atoms with E-state index < -0.39 is 0 Å². The van der Waals surface area contributed by atoms with E-state index in [-0.39, 0.29) is 12.0 Å². The quantitative estimate of drug-likeness (QED) is 0.739. The molecular weight excluding hydrogens is 174 g/mol. The molecule has 0 saturated heterocycles. The number of aliphatic hydroxyl groups is 1. The molecule has 1 aliphatic carbocycles. The summed E-state index contributed by atoms with van der Waals surface area (Å²) in [6.07, 6.45) is 4.21. The summed E-state index contributed by atoms with van der Waals surface area (Å²) in [6.45, 7) is 2.00. The van der Waals surface area contributed by atoms with Crippen molar-refractivity contribution >= 4 is 0 Å². The lowest BCUT2D eigenvalue weighted by Gasteiger charge is -2.27. The van der Waals surface area contributed by atoms with Crippen molar-refractivity contribution in [2.24, 2.45) is 0 Å². The minimum Gasteiger partial charge on any atom is -0.392 e. The Morgan fingerprint density at radius 3 is 2.79 bits per heavy atom. The van der Waals surface area contributed by atoms with Crippen LogP contribution in [-0.4, -0.2) is 16.2 Å². The van der Waals surface area contributed by atoms with Crippen LogP contribution in [0.5, 0.6) is 0 Å². The molecule has 2 nitrogen and oxygen atoms in total. The van der Waals surface area contributed by atoms with Crippen LogP contribution in [0.1, 0.15) is 43.0 Å². The molecule has 0 amide bonds. The number of pyridine rings is 1. The fraction of sp³-hybridized carbons (Fsp3) is 0.583. The smallest absolute Gasteiger partial charge is 0.0623 e. The number of aryl methyl sites for hydroxylation is 1. The molecule has 1 N–H and O–H groups in total. The number of nitrogens with zero attached hydrogens (tertiary/aromatic N) is 1. The predicted molar refractivity (Wildman–Crippen MR) is 56.2 cm³/mol. The fourth-order valence-corrected chi connectivity index (χ4v) is 2.23. The van der Waals surface area contributed by atoms with E-state index in [1.807, 2.05) is 25.1 Å². The van der Waals surface area contributed by atoms with Crippen molar-refractivity contribution < 1.29 is 5.11 Å². The number of aromatic nitrogens is 1. The maximum atomic E-state index is 9.87. The van der Waals surface area contributed by atoms with Crippen LogP contribution < -0.4 is 0 Å². The average molecular weight is 191 g/mol. The summed E-state index contributed by atoms with van der Waals surface area (Å²) in [4.78, 5) is 4.49. The van der Waals surface area contributed by atoms with Gasteiger partial charge < -0.3 is 5.11 Å². The SMILES string of the molecule is Cc1cccc(C2CCCCC2O)n1. The summed E-state index contributed by atoms with van der Waals surface area (Å²) in [6, 6.07) is 6.06. The van der Waals surface area contributed by atoms with E-state index in [0.29, 0.717) is 0 Å². The van der Waals surface area contributed by atoms with Gasteiger partial charge in [-0.2, -0.15) is 0 Å². The Kier molecular flexibility index (Phi) is 2.82. The lowest BCUT2D eigenvalue weighted by atomic mass is 9.84. The highest BCUT2D eigenvalue weighted by Gasteiger charge is 2.25. The second kappa shape index (κ2) is 4.09. The third kappa shape index (κ3) is 1.95. The molecule has 0 bridgehead atoms. The van der Waals surface area contributed by atoms with Crippen molar-refractivity contribution in [2.45, 2.75) is 44.6 Å². The third-order valence-corrected chi connectivity index (χ3v) is 3.02. The van der Waals surface area contributed by atoms with E-state index in [4.69, 9.17) is 0 Å². The molecule has 1 aromatic heterocycles. The molecule has 2 atom stereocenters. The highest BCUT2D eigenvalue weighted by molar-refractivity contribution is 5.15. The molecule has 1 aliphatic rings. The summed E-state index contributed by atoms with van der Waals surface area (Å²) in [5.41, 5.74) is 2.11. The molecular formula is C12H17NO. The Hall–Kier alpha value is -0.890. The molecule has 0 spiro atoms. The van der Waals surface area contributed by atoms with Crippen molar-refractivity contribution in [1.82, 2.24) is 4.98 Å². The Balaban J connectivity index is 2.20. The zero-order valence-electron chi connectivity index (χ0n) is 8.61. The first-order valence-corrected chi connectivity index (χ1v) is 5.39. The second-order valence-electron chi connectivity index (χ2n) is 4.16. The number of rotatable bonds is 1. The van der Waals surface area contributed by atoms with Gasteiger partial charge in [0.05, 0.1) is 6.10 Å². The van der Waals surface area contributed by atoms with E-state index in [1.54, 1.807) is 0 Å². The summed E-state index contributed by atoms with van der Waals surface area (Å²) < 4.78 is 0. The van der Waals surface area contributed by atoms with Crippen LogP contribution in [0.25, 0.3) is 0 Å². The van der Waals surface area contributed by atoms with E-state index in [9.17, 15) is 5.11 Å². The zero-order chi connectivity index (χ0) is 9.97. The molecule has 1 aromatic rings. The second-order valence-corrected chi connectivity index (χ2v) is 4.16. The van der Waals surface area contributed by atoms with E-state index in [2.05, 4.69) is 4.98 Å². The van der Waals surface area contributed by atoms with Crippen LogP contribution in [-0.2, 0) is 0 Å². The summed E-state index contributed by atoms with van der Waals surface area (Å²) in [7, 11) is 0. The van der Waals surface area contributed by atoms with Gasteiger partial charge in [-0.25, -0.2) is 0 Å². The van der Waals surface area contributed by atoms with Gasteiger partial charge in [0.25, 0.3) is 0 Å². The van der Waals surface area contributed by atoms with Crippen molar-refractivity contribution in [2.75, 3.05) is 0 Å². The maximum Gasteiger partial charge on any atom is 0.0623 e. The van der Waals surface area contributed by atoms with Crippen LogP contribution >= 0.6 is 0 Å². The standard InChI is InChI=1S/C12H17NO/c1-9-5-4-7-11(13-9)10-6-2-3-8-12(10)14/h4-5,7,10,12,14H,2-3,6,8H2,1H3. The number of aliphatic hydroxyl groups excluding tert-OH is 1. The van der Waals surface area contributed by atoms with Gasteiger partial charge in [0.1, 0.15) is 0 Å². The highest BCUT2D eigenvalue weighted by Crippen LogP contribution is 2.31. The van der Waals surface area contributed by atoms with E-state index in [0.717, 1.165) is 30.7 Å². The van der Waals surface area contributed by atoms with Crippen molar-refractivity contribution in [3.8, 4) is 0 Å². The minimum absolute atomic E-state index is 0.182. The topological polar surface area (TPSA) is 33.1 Å². The van der Waals surface area contributed by atoms with Crippen LogP contribution in [0, 0.1) is 6.92 Å². The van der Waals surface area contributed by atoms with Crippen LogP contribution in [0.2, 0.25) is 0 Å². The predicted octanol–water partition coefficient (Wildman–Crippen LogP) is 2.41. The zero-order valence-corrected chi connectivity index (χ0v) is 8.61. The summed E-state index contributed by atoms with van der Waals surface area (Å²) in [5.74, 6) is 0.267. The van der Waals surface area contributed by atoms with Gasteiger partial charge in [0.15, 0.2) is 0 Å². The molecule has 2 heteroatoms. The lowest BCUT2D eigenvalue weighted by molar-refractivity contribution is 0.104. The molecule has 0 aromatic carbocycles. The van der Waals surface area contributed by atoms with Crippen molar-refractivity contribution in [3.05, 3.63) is 29.6 Å². The monoisotopic (exact) mass is 191 g/mol. The minimum atomic E-state index is -0.182. The highest BCUT2D eigenvalue weighted by atomic mass is 16.3. The van der Waals surface area contributed by atoms with Crippen molar-refractivity contribution in [1.29, 1.82) is 0 Å². The molecule has 1 fully saturated rings. The average Bonchev–Trinajstić information content (AvgIpc) is 2.18. The summed E-state index contributed by atoms with van der Waals surface area (Å²) in [5, 5.41) is 9.87. The molecule has 1 heterocycles. The van der Waals surface area contributed by atoms with Crippen LogP contribution in [0.3, 0.4) is 0 Å².